The van der Waals surface area contributed by atoms with E-state index in [1.807, 2.05) is 5.32 Å². The lowest BCUT2D eigenvalue weighted by atomic mass is 10.2. The first kappa shape index (κ1) is 13.8. The van der Waals surface area contributed by atoms with Crippen LogP contribution in [-0.2, 0) is 11.0 Å². The van der Waals surface area contributed by atoms with Crippen molar-refractivity contribution in [2.45, 2.75) is 12.6 Å². The molecular formula is C10H8ClF4NO. The molecule has 0 atom stereocenters. The number of benzene rings is 1. The average Bonchev–Trinajstić information content (AvgIpc) is 2.20. The quantitative estimate of drug-likeness (QED) is 0.661. The highest BCUT2D eigenvalue weighted by molar-refractivity contribution is 6.19. The predicted octanol–water partition coefficient (Wildman–Crippen LogP) is 3.41. The van der Waals surface area contributed by atoms with Crippen LogP contribution in [-0.4, -0.2) is 11.8 Å². The second-order valence-corrected chi connectivity index (χ2v) is 3.56. The molecule has 94 valence electrons. The van der Waals surface area contributed by atoms with Crippen LogP contribution in [0.2, 0.25) is 0 Å². The van der Waals surface area contributed by atoms with Gasteiger partial charge in [-0.3, -0.25) is 4.79 Å². The van der Waals surface area contributed by atoms with Crippen molar-refractivity contribution in [2.24, 2.45) is 0 Å². The van der Waals surface area contributed by atoms with Gasteiger partial charge in [0.1, 0.15) is 5.82 Å². The first-order valence-corrected chi connectivity index (χ1v) is 5.10. The highest BCUT2D eigenvalue weighted by Crippen LogP contribution is 2.31. The first-order chi connectivity index (χ1) is 7.84. The Labute approximate surface area is 99.6 Å². The Morgan fingerprint density at radius 2 is 2.00 bits per heavy atom. The van der Waals surface area contributed by atoms with Crippen molar-refractivity contribution < 1.29 is 22.4 Å². The number of anilines is 1. The highest BCUT2D eigenvalue weighted by Gasteiger charge is 2.31. The van der Waals surface area contributed by atoms with Crippen LogP contribution in [0.1, 0.15) is 12.0 Å². The van der Waals surface area contributed by atoms with Crippen LogP contribution in [0.15, 0.2) is 18.2 Å². The Hall–Kier alpha value is -1.30. The number of rotatable bonds is 3. The highest BCUT2D eigenvalue weighted by atomic mass is 35.5. The lowest BCUT2D eigenvalue weighted by molar-refractivity contribution is -0.137. The second kappa shape index (κ2) is 5.35. The minimum Gasteiger partial charge on any atom is -0.324 e. The SMILES string of the molecule is O=C(CCCl)Nc1cc(C(F)(F)F)ccc1F. The van der Waals surface area contributed by atoms with Crippen molar-refractivity contribution in [1.82, 2.24) is 0 Å². The van der Waals surface area contributed by atoms with E-state index in [0.717, 1.165) is 0 Å². The number of nitrogens with one attached hydrogen (secondary N) is 1. The van der Waals surface area contributed by atoms with Crippen molar-refractivity contribution >= 4 is 23.2 Å². The van der Waals surface area contributed by atoms with Crippen LogP contribution in [0.5, 0.6) is 0 Å². The van der Waals surface area contributed by atoms with Crippen molar-refractivity contribution in [3.8, 4) is 0 Å². The summed E-state index contributed by atoms with van der Waals surface area (Å²) in [5.41, 5.74) is -1.53. The fourth-order valence-corrected chi connectivity index (χ4v) is 1.27. The molecule has 0 aliphatic rings. The van der Waals surface area contributed by atoms with Gasteiger partial charge in [0.15, 0.2) is 0 Å². The van der Waals surface area contributed by atoms with E-state index >= 15 is 0 Å². The predicted molar refractivity (Wildman–Crippen MR) is 55.4 cm³/mol. The molecule has 7 heteroatoms. The zero-order valence-corrected chi connectivity index (χ0v) is 9.20. The summed E-state index contributed by atoms with van der Waals surface area (Å²) in [6.45, 7) is 0. The number of amides is 1. The molecule has 0 aliphatic heterocycles. The third-order valence-corrected chi connectivity index (χ3v) is 2.08. The summed E-state index contributed by atoms with van der Waals surface area (Å²) in [6, 6.07) is 1.80. The second-order valence-electron chi connectivity index (χ2n) is 3.18. The Balaban J connectivity index is 2.95. The molecular weight excluding hydrogens is 262 g/mol. The van der Waals surface area contributed by atoms with Gasteiger partial charge in [-0.2, -0.15) is 13.2 Å². The molecule has 0 aliphatic carbocycles. The standard InChI is InChI=1S/C10H8ClF4NO/c11-4-3-9(17)16-8-5-6(10(13,14)15)1-2-7(8)12/h1-2,5H,3-4H2,(H,16,17). The van der Waals surface area contributed by atoms with E-state index in [-0.39, 0.29) is 12.3 Å². The number of hydrogen-bond acceptors (Lipinski definition) is 1. The molecule has 0 spiro atoms. The van der Waals surface area contributed by atoms with Gasteiger partial charge in [0.2, 0.25) is 5.91 Å². The van der Waals surface area contributed by atoms with Gasteiger partial charge in [0, 0.05) is 12.3 Å². The molecule has 1 N–H and O–H groups in total. The number of alkyl halides is 4. The van der Waals surface area contributed by atoms with Crippen molar-refractivity contribution in [3.05, 3.63) is 29.6 Å². The van der Waals surface area contributed by atoms with Gasteiger partial charge < -0.3 is 5.32 Å². The summed E-state index contributed by atoms with van der Waals surface area (Å²) in [5, 5.41) is 2.03. The molecule has 0 saturated carbocycles. The van der Waals surface area contributed by atoms with Gasteiger partial charge in [0.25, 0.3) is 0 Å². The van der Waals surface area contributed by atoms with E-state index in [1.54, 1.807) is 0 Å². The average molecular weight is 270 g/mol. The lowest BCUT2D eigenvalue weighted by Crippen LogP contribution is -2.14. The zero-order valence-electron chi connectivity index (χ0n) is 8.44. The summed E-state index contributed by atoms with van der Waals surface area (Å²) in [7, 11) is 0. The Morgan fingerprint density at radius 1 is 1.35 bits per heavy atom. The number of carbonyl (C=O) groups is 1. The monoisotopic (exact) mass is 269 g/mol. The number of carbonyl (C=O) groups excluding carboxylic acids is 1. The minimum atomic E-state index is -4.58. The van der Waals surface area contributed by atoms with Gasteiger partial charge in [0.05, 0.1) is 11.3 Å². The van der Waals surface area contributed by atoms with E-state index in [2.05, 4.69) is 0 Å². The maximum atomic E-state index is 13.1. The van der Waals surface area contributed by atoms with Crippen molar-refractivity contribution in [2.75, 3.05) is 11.2 Å². The molecule has 0 fully saturated rings. The largest absolute Gasteiger partial charge is 0.416 e. The Bertz CT molecular complexity index is 419. The summed E-state index contributed by atoms with van der Waals surface area (Å²) in [6.07, 6.45) is -4.68. The Morgan fingerprint density at radius 3 is 2.53 bits per heavy atom. The molecule has 0 unspecified atom stereocenters. The molecule has 1 rings (SSSR count). The Kier molecular flexibility index (Phi) is 4.34. The smallest absolute Gasteiger partial charge is 0.324 e. The molecule has 17 heavy (non-hydrogen) atoms. The molecule has 1 aromatic carbocycles. The molecule has 0 bridgehead atoms. The zero-order chi connectivity index (χ0) is 13.1. The topological polar surface area (TPSA) is 29.1 Å². The van der Waals surface area contributed by atoms with Crippen LogP contribution in [0.3, 0.4) is 0 Å². The maximum Gasteiger partial charge on any atom is 0.416 e. The summed E-state index contributed by atoms with van der Waals surface area (Å²) >= 11 is 5.27. The van der Waals surface area contributed by atoms with Crippen LogP contribution in [0.4, 0.5) is 23.2 Å². The van der Waals surface area contributed by atoms with E-state index < -0.39 is 29.2 Å². The van der Waals surface area contributed by atoms with Gasteiger partial charge in [-0.05, 0) is 18.2 Å². The summed E-state index contributed by atoms with van der Waals surface area (Å²) < 4.78 is 50.1. The van der Waals surface area contributed by atoms with E-state index in [9.17, 15) is 22.4 Å². The van der Waals surface area contributed by atoms with E-state index in [0.29, 0.717) is 18.2 Å². The summed E-state index contributed by atoms with van der Waals surface area (Å²) in [5.74, 6) is -1.56. The van der Waals surface area contributed by atoms with Crippen LogP contribution < -0.4 is 5.32 Å². The lowest BCUT2D eigenvalue weighted by Gasteiger charge is -2.10. The fourth-order valence-electron chi connectivity index (χ4n) is 1.10. The molecule has 0 heterocycles. The van der Waals surface area contributed by atoms with Crippen molar-refractivity contribution in [1.29, 1.82) is 0 Å². The molecule has 1 aromatic rings. The molecule has 2 nitrogen and oxygen atoms in total. The molecule has 0 aromatic heterocycles. The minimum absolute atomic E-state index is 0.00636. The van der Waals surface area contributed by atoms with Gasteiger partial charge in [-0.1, -0.05) is 0 Å². The van der Waals surface area contributed by atoms with Crippen LogP contribution in [0.25, 0.3) is 0 Å². The molecule has 0 radical (unpaired) electrons. The number of hydrogen-bond donors (Lipinski definition) is 1. The van der Waals surface area contributed by atoms with Crippen LogP contribution in [0, 0.1) is 5.82 Å². The number of halogens is 5. The molecule has 1 amide bonds. The molecule has 0 saturated heterocycles. The van der Waals surface area contributed by atoms with Gasteiger partial charge in [-0.15, -0.1) is 11.6 Å². The van der Waals surface area contributed by atoms with Crippen molar-refractivity contribution in [3.63, 3.8) is 0 Å². The van der Waals surface area contributed by atoms with E-state index in [1.165, 1.54) is 0 Å². The van der Waals surface area contributed by atoms with E-state index in [4.69, 9.17) is 11.6 Å². The van der Waals surface area contributed by atoms with Crippen LogP contribution >= 0.6 is 11.6 Å². The van der Waals surface area contributed by atoms with Gasteiger partial charge >= 0.3 is 6.18 Å². The fraction of sp³-hybridized carbons (Fsp3) is 0.300. The van der Waals surface area contributed by atoms with Gasteiger partial charge in [-0.25, -0.2) is 4.39 Å². The third kappa shape index (κ3) is 3.89. The normalized spacial score (nSPS) is 11.4. The first-order valence-electron chi connectivity index (χ1n) is 4.57. The third-order valence-electron chi connectivity index (χ3n) is 1.89. The maximum absolute atomic E-state index is 13.1. The summed E-state index contributed by atoms with van der Waals surface area (Å²) in [4.78, 5) is 11.1.